The van der Waals surface area contributed by atoms with Gasteiger partial charge in [-0.1, -0.05) is 29.8 Å². The molecule has 0 saturated carbocycles. The molecule has 2 aromatic carbocycles. The molecule has 0 bridgehead atoms. The molecule has 0 aliphatic heterocycles. The van der Waals surface area contributed by atoms with Crippen LogP contribution in [0.15, 0.2) is 42.5 Å². The number of carboxylic acids is 1. The van der Waals surface area contributed by atoms with E-state index in [1.165, 1.54) is 18.2 Å². The molecule has 0 aliphatic carbocycles. The second-order valence-electron chi connectivity index (χ2n) is 6.01. The fraction of sp³-hybridized carbons (Fsp3) is 0.211. The Bertz CT molecular complexity index is 849. The van der Waals surface area contributed by atoms with Crippen LogP contribution in [0.4, 0.5) is 5.69 Å². The van der Waals surface area contributed by atoms with Crippen molar-refractivity contribution in [3.05, 3.63) is 64.2 Å². The fourth-order valence-corrected chi connectivity index (χ4v) is 2.64. The average molecular weight is 375 g/mol. The smallest absolute Gasteiger partial charge is 0.335 e. The molecule has 3 N–H and O–H groups in total. The molecule has 0 saturated heterocycles. The Hall–Kier alpha value is -2.86. The van der Waals surface area contributed by atoms with Crippen LogP contribution in [0.25, 0.3) is 0 Å². The van der Waals surface area contributed by atoms with Crippen LogP contribution in [-0.4, -0.2) is 28.9 Å². The van der Waals surface area contributed by atoms with E-state index in [0.717, 1.165) is 0 Å². The maximum atomic E-state index is 12.2. The number of hydrogen-bond acceptors (Lipinski definition) is 3. The highest BCUT2D eigenvalue weighted by Crippen LogP contribution is 2.21. The van der Waals surface area contributed by atoms with E-state index in [0.29, 0.717) is 16.8 Å². The molecule has 0 fully saturated rings. The van der Waals surface area contributed by atoms with Crippen molar-refractivity contribution in [1.29, 1.82) is 0 Å². The molecule has 0 aliphatic rings. The monoisotopic (exact) mass is 374 g/mol. The third-order valence-electron chi connectivity index (χ3n) is 3.52. The van der Waals surface area contributed by atoms with Gasteiger partial charge in [-0.15, -0.1) is 0 Å². The van der Waals surface area contributed by atoms with Crippen LogP contribution in [0, 0.1) is 0 Å². The Kier molecular flexibility index (Phi) is 6.36. The maximum Gasteiger partial charge on any atom is 0.335 e. The first kappa shape index (κ1) is 19.5. The molecule has 0 atom stereocenters. The van der Waals surface area contributed by atoms with Crippen molar-refractivity contribution in [3.63, 3.8) is 0 Å². The highest BCUT2D eigenvalue weighted by Gasteiger charge is 2.15. The minimum Gasteiger partial charge on any atom is -0.478 e. The number of amides is 2. The fourth-order valence-electron chi connectivity index (χ4n) is 2.38. The zero-order valence-corrected chi connectivity index (χ0v) is 15.1. The topological polar surface area (TPSA) is 95.5 Å². The molecule has 0 radical (unpaired) electrons. The van der Waals surface area contributed by atoms with Crippen LogP contribution in [0.2, 0.25) is 5.02 Å². The normalized spacial score (nSPS) is 10.5. The summed E-state index contributed by atoms with van der Waals surface area (Å²) in [5, 5.41) is 14.8. The average Bonchev–Trinajstić information content (AvgIpc) is 2.54. The van der Waals surface area contributed by atoms with Crippen LogP contribution in [0.1, 0.15) is 40.1 Å². The number of carbonyl (C=O) groups is 3. The lowest BCUT2D eigenvalue weighted by molar-refractivity contribution is -0.115. The molecule has 0 heterocycles. The lowest BCUT2D eigenvalue weighted by Crippen LogP contribution is -2.30. The summed E-state index contributed by atoms with van der Waals surface area (Å²) in [5.74, 6) is -1.76. The van der Waals surface area contributed by atoms with E-state index in [1.807, 2.05) is 13.8 Å². The van der Waals surface area contributed by atoms with Crippen LogP contribution in [-0.2, 0) is 11.2 Å². The Balaban J connectivity index is 2.09. The van der Waals surface area contributed by atoms with Crippen molar-refractivity contribution in [2.45, 2.75) is 26.3 Å². The Morgan fingerprint density at radius 1 is 1.08 bits per heavy atom. The van der Waals surface area contributed by atoms with Gasteiger partial charge in [0.25, 0.3) is 5.91 Å². The largest absolute Gasteiger partial charge is 0.478 e. The summed E-state index contributed by atoms with van der Waals surface area (Å²) < 4.78 is 0. The highest BCUT2D eigenvalue weighted by atomic mass is 35.5. The number of hydrogen-bond donors (Lipinski definition) is 3. The number of benzene rings is 2. The third kappa shape index (κ3) is 5.07. The molecular weight excluding hydrogens is 356 g/mol. The van der Waals surface area contributed by atoms with Gasteiger partial charge in [-0.25, -0.2) is 4.79 Å². The molecule has 2 rings (SSSR count). The molecule has 26 heavy (non-hydrogen) atoms. The van der Waals surface area contributed by atoms with E-state index >= 15 is 0 Å². The van der Waals surface area contributed by atoms with Crippen molar-refractivity contribution in [1.82, 2.24) is 5.32 Å². The molecule has 136 valence electrons. The molecule has 2 amide bonds. The number of carboxylic acid groups (broad SMARTS) is 1. The van der Waals surface area contributed by atoms with Crippen LogP contribution in [0.3, 0.4) is 0 Å². The lowest BCUT2D eigenvalue weighted by Gasteiger charge is -2.11. The van der Waals surface area contributed by atoms with Gasteiger partial charge >= 0.3 is 5.97 Å². The van der Waals surface area contributed by atoms with Gasteiger partial charge in [0.2, 0.25) is 5.91 Å². The van der Waals surface area contributed by atoms with Gasteiger partial charge in [-0.3, -0.25) is 9.59 Å². The molecule has 7 heteroatoms. The van der Waals surface area contributed by atoms with E-state index in [1.54, 1.807) is 24.3 Å². The van der Waals surface area contributed by atoms with Crippen molar-refractivity contribution >= 4 is 35.1 Å². The summed E-state index contributed by atoms with van der Waals surface area (Å²) in [5.41, 5.74) is 1.24. The Morgan fingerprint density at radius 3 is 2.38 bits per heavy atom. The summed E-state index contributed by atoms with van der Waals surface area (Å²) in [6, 6.07) is 10.9. The lowest BCUT2D eigenvalue weighted by atomic mass is 10.0. The quantitative estimate of drug-likeness (QED) is 0.722. The van der Waals surface area contributed by atoms with E-state index < -0.39 is 5.97 Å². The Labute approximate surface area is 156 Å². The van der Waals surface area contributed by atoms with Crippen LogP contribution in [0.5, 0.6) is 0 Å². The van der Waals surface area contributed by atoms with Gasteiger partial charge in [0.1, 0.15) is 0 Å². The second-order valence-corrected chi connectivity index (χ2v) is 6.42. The zero-order chi connectivity index (χ0) is 19.3. The maximum absolute atomic E-state index is 12.2. The van der Waals surface area contributed by atoms with E-state index in [9.17, 15) is 14.4 Å². The first-order valence-electron chi connectivity index (χ1n) is 7.99. The summed E-state index contributed by atoms with van der Waals surface area (Å²) in [7, 11) is 0. The van der Waals surface area contributed by atoms with E-state index in [-0.39, 0.29) is 34.9 Å². The minimum absolute atomic E-state index is 0.0211. The predicted molar refractivity (Wildman–Crippen MR) is 99.8 cm³/mol. The van der Waals surface area contributed by atoms with Crippen LogP contribution < -0.4 is 10.6 Å². The van der Waals surface area contributed by atoms with Crippen molar-refractivity contribution in [2.24, 2.45) is 0 Å². The number of anilines is 1. The molecule has 0 spiro atoms. The standard InChI is InChI=1S/C19H19ClN2O4/c1-11(2)21-18(24)15-8-7-13(10-16(15)20)22-17(23)9-12-5-3-4-6-14(12)19(25)26/h3-8,10-11H,9H2,1-2H3,(H,21,24)(H,22,23)(H,25,26). The van der Waals surface area contributed by atoms with Crippen LogP contribution >= 0.6 is 11.6 Å². The SMILES string of the molecule is CC(C)NC(=O)c1ccc(NC(=O)Cc2ccccc2C(=O)O)cc1Cl. The Morgan fingerprint density at radius 2 is 1.77 bits per heavy atom. The van der Waals surface area contributed by atoms with Gasteiger partial charge in [-0.2, -0.15) is 0 Å². The van der Waals surface area contributed by atoms with Gasteiger partial charge in [0, 0.05) is 11.7 Å². The second kappa shape index (κ2) is 8.49. The summed E-state index contributed by atoms with van der Waals surface area (Å²) in [4.78, 5) is 35.4. The third-order valence-corrected chi connectivity index (χ3v) is 3.83. The first-order valence-corrected chi connectivity index (χ1v) is 8.37. The molecule has 0 aromatic heterocycles. The van der Waals surface area contributed by atoms with Gasteiger partial charge < -0.3 is 15.7 Å². The van der Waals surface area contributed by atoms with Crippen molar-refractivity contribution in [2.75, 3.05) is 5.32 Å². The number of carbonyl (C=O) groups excluding carboxylic acids is 2. The molecular formula is C19H19ClN2O4. The predicted octanol–water partition coefficient (Wildman–Crippen LogP) is 3.36. The number of nitrogens with one attached hydrogen (secondary N) is 2. The van der Waals surface area contributed by atoms with Gasteiger partial charge in [0.05, 0.1) is 22.6 Å². The number of aromatic carboxylic acids is 1. The zero-order valence-electron chi connectivity index (χ0n) is 14.4. The van der Waals surface area contributed by atoms with Crippen molar-refractivity contribution < 1.29 is 19.5 Å². The van der Waals surface area contributed by atoms with Gasteiger partial charge in [0.15, 0.2) is 0 Å². The number of rotatable bonds is 6. The molecule has 0 unspecified atom stereocenters. The molecule has 2 aromatic rings. The highest BCUT2D eigenvalue weighted by molar-refractivity contribution is 6.34. The van der Waals surface area contributed by atoms with Gasteiger partial charge in [-0.05, 0) is 43.7 Å². The van der Waals surface area contributed by atoms with E-state index in [2.05, 4.69) is 10.6 Å². The number of halogens is 1. The first-order chi connectivity index (χ1) is 12.3. The molecule has 6 nitrogen and oxygen atoms in total. The summed E-state index contributed by atoms with van der Waals surface area (Å²) in [6.07, 6.45) is -0.0876. The minimum atomic E-state index is -1.09. The summed E-state index contributed by atoms with van der Waals surface area (Å²) in [6.45, 7) is 3.69. The van der Waals surface area contributed by atoms with Crippen molar-refractivity contribution in [3.8, 4) is 0 Å². The van der Waals surface area contributed by atoms with E-state index in [4.69, 9.17) is 16.7 Å². The summed E-state index contributed by atoms with van der Waals surface area (Å²) >= 11 is 6.13.